The molecule has 2 N–H and O–H groups in total. The van der Waals surface area contributed by atoms with E-state index < -0.39 is 5.91 Å². The quantitative estimate of drug-likeness (QED) is 0.805. The molecule has 0 aliphatic carbocycles. The first-order chi connectivity index (χ1) is 7.70. The molecule has 1 saturated heterocycles. The number of hydrogen-bond acceptors (Lipinski definition) is 2. The highest BCUT2D eigenvalue weighted by atomic mass is 16.2. The number of nitrogens with two attached hydrogens (primary N) is 1. The Bertz CT molecular complexity index is 423. The van der Waals surface area contributed by atoms with Crippen molar-refractivity contribution in [3.63, 3.8) is 0 Å². The van der Waals surface area contributed by atoms with E-state index in [9.17, 15) is 9.59 Å². The standard InChI is InChI=1S/C12H14N2O2/c13-11(15)9-5-1-2-6-10(9)12(16)14-7-3-4-8-14/h1-2,5-6H,3-4,7-8H2,(H2,13,15). The Morgan fingerprint density at radius 2 is 1.62 bits per heavy atom. The molecule has 4 heteroatoms. The highest BCUT2D eigenvalue weighted by molar-refractivity contribution is 6.06. The van der Waals surface area contributed by atoms with Crippen LogP contribution in [0.25, 0.3) is 0 Å². The highest BCUT2D eigenvalue weighted by Crippen LogP contribution is 2.15. The van der Waals surface area contributed by atoms with E-state index in [1.807, 2.05) is 0 Å². The Hall–Kier alpha value is -1.84. The summed E-state index contributed by atoms with van der Waals surface area (Å²) in [7, 11) is 0. The molecule has 1 heterocycles. The van der Waals surface area contributed by atoms with Crippen LogP contribution in [-0.2, 0) is 0 Å². The van der Waals surface area contributed by atoms with Gasteiger partial charge in [-0.05, 0) is 25.0 Å². The molecule has 0 saturated carbocycles. The first kappa shape index (κ1) is 10.7. The van der Waals surface area contributed by atoms with E-state index in [1.165, 1.54) is 0 Å². The Morgan fingerprint density at radius 1 is 1.06 bits per heavy atom. The second-order valence-corrected chi connectivity index (χ2v) is 3.91. The second-order valence-electron chi connectivity index (χ2n) is 3.91. The van der Waals surface area contributed by atoms with E-state index in [0.717, 1.165) is 25.9 Å². The fourth-order valence-electron chi connectivity index (χ4n) is 1.98. The third-order valence-electron chi connectivity index (χ3n) is 2.82. The van der Waals surface area contributed by atoms with Gasteiger partial charge in [0.2, 0.25) is 5.91 Å². The predicted octanol–water partition coefficient (Wildman–Crippen LogP) is 1.02. The first-order valence-corrected chi connectivity index (χ1v) is 5.38. The zero-order valence-electron chi connectivity index (χ0n) is 8.98. The molecule has 1 aliphatic heterocycles. The van der Waals surface area contributed by atoms with Crippen LogP contribution in [0, 0.1) is 0 Å². The molecular formula is C12H14N2O2. The zero-order chi connectivity index (χ0) is 11.5. The van der Waals surface area contributed by atoms with Crippen molar-refractivity contribution < 1.29 is 9.59 Å². The van der Waals surface area contributed by atoms with Crippen LogP contribution in [0.5, 0.6) is 0 Å². The molecule has 1 aromatic rings. The fourth-order valence-corrected chi connectivity index (χ4v) is 1.98. The fraction of sp³-hybridized carbons (Fsp3) is 0.333. The van der Waals surface area contributed by atoms with Crippen molar-refractivity contribution in [3.05, 3.63) is 35.4 Å². The van der Waals surface area contributed by atoms with Crippen molar-refractivity contribution in [1.82, 2.24) is 4.90 Å². The average molecular weight is 218 g/mol. The van der Waals surface area contributed by atoms with Crippen molar-refractivity contribution in [1.29, 1.82) is 0 Å². The first-order valence-electron chi connectivity index (χ1n) is 5.38. The lowest BCUT2D eigenvalue weighted by Gasteiger charge is -2.16. The molecule has 1 fully saturated rings. The van der Waals surface area contributed by atoms with Crippen LogP contribution < -0.4 is 5.73 Å². The Kier molecular flexibility index (Phi) is 2.90. The van der Waals surface area contributed by atoms with E-state index in [2.05, 4.69) is 0 Å². The van der Waals surface area contributed by atoms with Crippen LogP contribution in [0.2, 0.25) is 0 Å². The topological polar surface area (TPSA) is 63.4 Å². The molecule has 1 aliphatic rings. The van der Waals surface area contributed by atoms with Crippen LogP contribution in [0.3, 0.4) is 0 Å². The Morgan fingerprint density at radius 3 is 2.19 bits per heavy atom. The number of likely N-dealkylation sites (tertiary alicyclic amines) is 1. The molecule has 4 nitrogen and oxygen atoms in total. The molecule has 0 bridgehead atoms. The number of primary amides is 1. The molecule has 1 aromatic carbocycles. The largest absolute Gasteiger partial charge is 0.366 e. The maximum Gasteiger partial charge on any atom is 0.254 e. The lowest BCUT2D eigenvalue weighted by molar-refractivity contribution is 0.0787. The summed E-state index contributed by atoms with van der Waals surface area (Å²) in [6, 6.07) is 6.70. The van der Waals surface area contributed by atoms with Crippen molar-refractivity contribution in [2.75, 3.05) is 13.1 Å². The number of benzene rings is 1. The summed E-state index contributed by atoms with van der Waals surface area (Å²) in [5.41, 5.74) is 5.96. The summed E-state index contributed by atoms with van der Waals surface area (Å²) in [5, 5.41) is 0. The van der Waals surface area contributed by atoms with Gasteiger partial charge in [0.25, 0.3) is 5.91 Å². The number of carbonyl (C=O) groups is 2. The number of hydrogen-bond donors (Lipinski definition) is 1. The van der Waals surface area contributed by atoms with E-state index in [4.69, 9.17) is 5.73 Å². The number of rotatable bonds is 2. The van der Waals surface area contributed by atoms with Crippen molar-refractivity contribution in [2.45, 2.75) is 12.8 Å². The zero-order valence-corrected chi connectivity index (χ0v) is 8.98. The molecule has 0 radical (unpaired) electrons. The van der Waals surface area contributed by atoms with Gasteiger partial charge in [-0.15, -0.1) is 0 Å². The van der Waals surface area contributed by atoms with Gasteiger partial charge in [-0.25, -0.2) is 0 Å². The summed E-state index contributed by atoms with van der Waals surface area (Å²) in [5.74, 6) is -0.643. The highest BCUT2D eigenvalue weighted by Gasteiger charge is 2.22. The van der Waals surface area contributed by atoms with E-state index >= 15 is 0 Å². The lowest BCUT2D eigenvalue weighted by Crippen LogP contribution is -2.30. The normalized spacial score (nSPS) is 15.1. The minimum atomic E-state index is -0.553. The molecule has 84 valence electrons. The van der Waals surface area contributed by atoms with E-state index in [0.29, 0.717) is 11.1 Å². The average Bonchev–Trinajstić information content (AvgIpc) is 2.81. The molecule has 2 rings (SSSR count). The third kappa shape index (κ3) is 1.91. The van der Waals surface area contributed by atoms with Crippen molar-refractivity contribution in [3.8, 4) is 0 Å². The Balaban J connectivity index is 2.32. The van der Waals surface area contributed by atoms with Gasteiger partial charge in [0.05, 0.1) is 11.1 Å². The number of amides is 2. The van der Waals surface area contributed by atoms with Crippen molar-refractivity contribution in [2.24, 2.45) is 5.73 Å². The maximum absolute atomic E-state index is 12.1. The predicted molar refractivity (Wildman–Crippen MR) is 60.1 cm³/mol. The maximum atomic E-state index is 12.1. The summed E-state index contributed by atoms with van der Waals surface area (Å²) >= 11 is 0. The third-order valence-corrected chi connectivity index (χ3v) is 2.82. The van der Waals surface area contributed by atoms with Crippen molar-refractivity contribution >= 4 is 11.8 Å². The van der Waals surface area contributed by atoms with Gasteiger partial charge < -0.3 is 10.6 Å². The van der Waals surface area contributed by atoms with Gasteiger partial charge in [0.1, 0.15) is 0 Å². The summed E-state index contributed by atoms with van der Waals surface area (Å²) < 4.78 is 0. The minimum absolute atomic E-state index is 0.0908. The molecule has 0 atom stereocenters. The SMILES string of the molecule is NC(=O)c1ccccc1C(=O)N1CCCC1. The van der Waals surface area contributed by atoms with Crippen LogP contribution in [0.1, 0.15) is 33.6 Å². The van der Waals surface area contributed by atoms with Gasteiger partial charge >= 0.3 is 0 Å². The minimum Gasteiger partial charge on any atom is -0.366 e. The van der Waals surface area contributed by atoms with Crippen LogP contribution in [-0.4, -0.2) is 29.8 Å². The molecule has 0 unspecified atom stereocenters. The summed E-state index contributed by atoms with van der Waals surface area (Å²) in [6.07, 6.45) is 2.06. The molecule has 16 heavy (non-hydrogen) atoms. The van der Waals surface area contributed by atoms with E-state index in [1.54, 1.807) is 29.2 Å². The second kappa shape index (κ2) is 4.35. The molecule has 0 aromatic heterocycles. The van der Waals surface area contributed by atoms with Gasteiger partial charge in [-0.3, -0.25) is 9.59 Å². The van der Waals surface area contributed by atoms with Gasteiger partial charge in [-0.1, -0.05) is 12.1 Å². The molecule has 2 amide bonds. The molecule has 0 spiro atoms. The smallest absolute Gasteiger partial charge is 0.254 e. The summed E-state index contributed by atoms with van der Waals surface area (Å²) in [6.45, 7) is 1.54. The number of carbonyl (C=O) groups excluding carboxylic acids is 2. The molecular weight excluding hydrogens is 204 g/mol. The summed E-state index contributed by atoms with van der Waals surface area (Å²) in [4.78, 5) is 25.0. The van der Waals surface area contributed by atoms with Gasteiger partial charge in [0.15, 0.2) is 0 Å². The van der Waals surface area contributed by atoms with E-state index in [-0.39, 0.29) is 5.91 Å². The van der Waals surface area contributed by atoms with Crippen LogP contribution in [0.4, 0.5) is 0 Å². The van der Waals surface area contributed by atoms with Gasteiger partial charge in [-0.2, -0.15) is 0 Å². The van der Waals surface area contributed by atoms with Crippen LogP contribution in [0.15, 0.2) is 24.3 Å². The Labute approximate surface area is 94.0 Å². The van der Waals surface area contributed by atoms with Crippen LogP contribution >= 0.6 is 0 Å². The number of nitrogens with zero attached hydrogens (tertiary/aromatic N) is 1. The lowest BCUT2D eigenvalue weighted by atomic mass is 10.1. The monoisotopic (exact) mass is 218 g/mol. The van der Waals surface area contributed by atoms with Gasteiger partial charge in [0, 0.05) is 13.1 Å².